The molecular formula is C4H9FN2O. The summed E-state index contributed by atoms with van der Waals surface area (Å²) >= 11 is 0. The largest absolute Gasteiger partial charge is 0.367 e. The SMILES string of the molecule is C[C@H](N)[C@H](F)C(N)=O. The Bertz CT molecular complexity index is 94.0. The summed E-state index contributed by atoms with van der Waals surface area (Å²) in [4.78, 5) is 9.91. The predicted octanol–water partition coefficient (Wildman–Crippen LogP) is -0.843. The zero-order valence-corrected chi connectivity index (χ0v) is 4.60. The number of rotatable bonds is 2. The summed E-state index contributed by atoms with van der Waals surface area (Å²) in [5.74, 6) is -1.000. The maximum Gasteiger partial charge on any atom is 0.253 e. The Kier molecular flexibility index (Phi) is 2.41. The Morgan fingerprint density at radius 1 is 1.75 bits per heavy atom. The molecule has 0 aliphatic carbocycles. The Labute approximate surface area is 46.8 Å². The van der Waals surface area contributed by atoms with Gasteiger partial charge in [0.15, 0.2) is 6.17 Å². The van der Waals surface area contributed by atoms with E-state index in [1.165, 1.54) is 6.92 Å². The predicted molar refractivity (Wildman–Crippen MR) is 27.7 cm³/mol. The summed E-state index contributed by atoms with van der Waals surface area (Å²) in [7, 11) is 0. The van der Waals surface area contributed by atoms with Crippen molar-refractivity contribution in [2.75, 3.05) is 0 Å². The number of hydrogen-bond donors (Lipinski definition) is 2. The molecule has 4 heteroatoms. The van der Waals surface area contributed by atoms with Crippen molar-refractivity contribution in [3.05, 3.63) is 0 Å². The van der Waals surface area contributed by atoms with Crippen molar-refractivity contribution in [2.45, 2.75) is 19.1 Å². The molecule has 0 radical (unpaired) electrons. The van der Waals surface area contributed by atoms with Crippen LogP contribution in [0.3, 0.4) is 0 Å². The van der Waals surface area contributed by atoms with E-state index in [4.69, 9.17) is 5.73 Å². The Hall–Kier alpha value is -0.640. The molecule has 4 N–H and O–H groups in total. The first-order valence-corrected chi connectivity index (χ1v) is 2.24. The van der Waals surface area contributed by atoms with E-state index in [2.05, 4.69) is 5.73 Å². The zero-order valence-electron chi connectivity index (χ0n) is 4.60. The molecule has 2 atom stereocenters. The van der Waals surface area contributed by atoms with Crippen LogP contribution < -0.4 is 11.5 Å². The molecule has 0 aliphatic heterocycles. The van der Waals surface area contributed by atoms with E-state index in [9.17, 15) is 9.18 Å². The first-order valence-electron chi connectivity index (χ1n) is 2.24. The fourth-order valence-electron chi connectivity index (χ4n) is 0.259. The van der Waals surface area contributed by atoms with Gasteiger partial charge in [0.05, 0.1) is 0 Å². The summed E-state index contributed by atoms with van der Waals surface area (Å²) in [6.07, 6.45) is -1.71. The molecule has 8 heavy (non-hydrogen) atoms. The van der Waals surface area contributed by atoms with Gasteiger partial charge < -0.3 is 11.5 Å². The Morgan fingerprint density at radius 2 is 2.12 bits per heavy atom. The maximum absolute atomic E-state index is 12.0. The number of hydrogen-bond acceptors (Lipinski definition) is 2. The molecule has 0 rings (SSSR count). The summed E-state index contributed by atoms with van der Waals surface area (Å²) in [6, 6.07) is -0.799. The van der Waals surface area contributed by atoms with E-state index >= 15 is 0 Å². The van der Waals surface area contributed by atoms with E-state index in [-0.39, 0.29) is 0 Å². The highest BCUT2D eigenvalue weighted by atomic mass is 19.1. The maximum atomic E-state index is 12.0. The van der Waals surface area contributed by atoms with E-state index in [1.54, 1.807) is 0 Å². The number of amides is 1. The van der Waals surface area contributed by atoms with Gasteiger partial charge in [0, 0.05) is 6.04 Å². The standard InChI is InChI=1S/C4H9FN2O/c1-2(6)3(5)4(7)8/h2-3H,6H2,1H3,(H2,7,8)/t2-,3-/m0/s1. The molecule has 0 aromatic rings. The third-order valence-electron chi connectivity index (χ3n) is 0.733. The third-order valence-corrected chi connectivity index (χ3v) is 0.733. The van der Waals surface area contributed by atoms with Crippen molar-refractivity contribution in [1.82, 2.24) is 0 Å². The topological polar surface area (TPSA) is 69.1 Å². The average Bonchev–Trinajstić information content (AvgIpc) is 1.64. The molecule has 0 aromatic heterocycles. The highest BCUT2D eigenvalue weighted by molar-refractivity contribution is 5.79. The van der Waals surface area contributed by atoms with Crippen LogP contribution in [0.25, 0.3) is 0 Å². The molecular weight excluding hydrogens is 111 g/mol. The van der Waals surface area contributed by atoms with Crippen molar-refractivity contribution in [3.63, 3.8) is 0 Å². The van der Waals surface area contributed by atoms with E-state index < -0.39 is 18.1 Å². The van der Waals surface area contributed by atoms with Crippen LogP contribution in [0.5, 0.6) is 0 Å². The lowest BCUT2D eigenvalue weighted by molar-refractivity contribution is -0.123. The number of alkyl halides is 1. The smallest absolute Gasteiger partial charge is 0.253 e. The molecule has 3 nitrogen and oxygen atoms in total. The van der Waals surface area contributed by atoms with Crippen LogP contribution in [0, 0.1) is 0 Å². The number of halogens is 1. The van der Waals surface area contributed by atoms with Crippen LogP contribution in [0.15, 0.2) is 0 Å². The number of carbonyl (C=O) groups excluding carboxylic acids is 1. The van der Waals surface area contributed by atoms with Gasteiger partial charge >= 0.3 is 0 Å². The van der Waals surface area contributed by atoms with Gasteiger partial charge in [-0.25, -0.2) is 4.39 Å². The second-order valence-electron chi connectivity index (χ2n) is 1.66. The summed E-state index contributed by atoms with van der Waals surface area (Å²) in [5, 5.41) is 0. The van der Waals surface area contributed by atoms with E-state index in [0.29, 0.717) is 0 Å². The number of primary amides is 1. The van der Waals surface area contributed by atoms with Gasteiger partial charge in [0.2, 0.25) is 0 Å². The summed E-state index contributed by atoms with van der Waals surface area (Å²) in [5.41, 5.74) is 9.50. The van der Waals surface area contributed by atoms with Gasteiger partial charge in [0.1, 0.15) is 0 Å². The van der Waals surface area contributed by atoms with Crippen molar-refractivity contribution >= 4 is 5.91 Å². The molecule has 48 valence electrons. The minimum Gasteiger partial charge on any atom is -0.367 e. The molecule has 0 bridgehead atoms. The van der Waals surface area contributed by atoms with E-state index in [0.717, 1.165) is 0 Å². The third kappa shape index (κ3) is 1.88. The van der Waals surface area contributed by atoms with Gasteiger partial charge in [-0.3, -0.25) is 4.79 Å². The van der Waals surface area contributed by atoms with Gasteiger partial charge in [-0.2, -0.15) is 0 Å². The lowest BCUT2D eigenvalue weighted by atomic mass is 10.2. The van der Waals surface area contributed by atoms with Crippen LogP contribution in [-0.4, -0.2) is 18.1 Å². The molecule has 0 spiro atoms. The normalized spacial score (nSPS) is 17.4. The molecule has 0 aromatic carbocycles. The summed E-state index contributed by atoms with van der Waals surface area (Å²) in [6.45, 7) is 1.38. The second-order valence-corrected chi connectivity index (χ2v) is 1.66. The lowest BCUT2D eigenvalue weighted by Gasteiger charge is -2.05. The average molecular weight is 120 g/mol. The Morgan fingerprint density at radius 3 is 2.12 bits per heavy atom. The first-order chi connectivity index (χ1) is 3.55. The van der Waals surface area contributed by atoms with Crippen molar-refractivity contribution in [2.24, 2.45) is 11.5 Å². The van der Waals surface area contributed by atoms with Crippen LogP contribution in [0.1, 0.15) is 6.92 Å². The van der Waals surface area contributed by atoms with Crippen LogP contribution in [0.2, 0.25) is 0 Å². The minimum atomic E-state index is -1.71. The van der Waals surface area contributed by atoms with Crippen molar-refractivity contribution in [3.8, 4) is 0 Å². The molecule has 0 aliphatic rings. The fraction of sp³-hybridized carbons (Fsp3) is 0.750. The monoisotopic (exact) mass is 120 g/mol. The minimum absolute atomic E-state index is 0.799. The highest BCUT2D eigenvalue weighted by Gasteiger charge is 2.17. The zero-order chi connectivity index (χ0) is 6.73. The molecule has 0 fully saturated rings. The number of carbonyl (C=O) groups is 1. The van der Waals surface area contributed by atoms with Crippen LogP contribution in [-0.2, 0) is 4.79 Å². The number of nitrogens with two attached hydrogens (primary N) is 2. The van der Waals surface area contributed by atoms with Gasteiger partial charge in [0.25, 0.3) is 5.91 Å². The second kappa shape index (κ2) is 2.61. The van der Waals surface area contributed by atoms with Gasteiger partial charge in [-0.1, -0.05) is 0 Å². The molecule has 0 unspecified atom stereocenters. The van der Waals surface area contributed by atoms with Crippen molar-refractivity contribution < 1.29 is 9.18 Å². The summed E-state index contributed by atoms with van der Waals surface area (Å²) < 4.78 is 12.0. The Balaban J connectivity index is 3.64. The molecule has 0 saturated heterocycles. The molecule has 0 saturated carbocycles. The first kappa shape index (κ1) is 7.36. The molecule has 0 heterocycles. The quantitative estimate of drug-likeness (QED) is 0.498. The fourth-order valence-corrected chi connectivity index (χ4v) is 0.259. The van der Waals surface area contributed by atoms with Gasteiger partial charge in [-0.15, -0.1) is 0 Å². The van der Waals surface area contributed by atoms with Gasteiger partial charge in [-0.05, 0) is 6.92 Å². The highest BCUT2D eigenvalue weighted by Crippen LogP contribution is 1.92. The van der Waals surface area contributed by atoms with Crippen molar-refractivity contribution in [1.29, 1.82) is 0 Å². The van der Waals surface area contributed by atoms with Crippen LogP contribution in [0.4, 0.5) is 4.39 Å². The van der Waals surface area contributed by atoms with E-state index in [1.807, 2.05) is 0 Å². The molecule has 1 amide bonds. The lowest BCUT2D eigenvalue weighted by Crippen LogP contribution is -2.38. The van der Waals surface area contributed by atoms with Crippen LogP contribution >= 0.6 is 0 Å².